The van der Waals surface area contributed by atoms with Crippen LogP contribution in [0.2, 0.25) is 0 Å². The average Bonchev–Trinajstić information content (AvgIpc) is 2.97. The Morgan fingerprint density at radius 2 is 2.00 bits per heavy atom. The monoisotopic (exact) mass is 263 g/mol. The first-order valence-corrected chi connectivity index (χ1v) is 7.89. The van der Waals surface area contributed by atoms with Gasteiger partial charge in [0.05, 0.1) is 12.3 Å². The molecule has 0 aliphatic heterocycles. The molecule has 17 heavy (non-hydrogen) atoms. The lowest BCUT2D eigenvalue weighted by atomic mass is 10.3. The smallest absolute Gasteiger partial charge is 0.317 e. The van der Waals surface area contributed by atoms with Gasteiger partial charge < -0.3 is 5.11 Å². The second-order valence-electron chi connectivity index (χ2n) is 4.72. The first-order chi connectivity index (χ1) is 7.93. The van der Waals surface area contributed by atoms with E-state index in [0.29, 0.717) is 25.4 Å². The predicted octanol–water partition coefficient (Wildman–Crippen LogP) is 0.608. The Labute approximate surface area is 103 Å². The van der Waals surface area contributed by atoms with Gasteiger partial charge in [0.25, 0.3) is 0 Å². The fourth-order valence-corrected chi connectivity index (χ4v) is 3.14. The molecule has 1 aliphatic carbocycles. The summed E-state index contributed by atoms with van der Waals surface area (Å²) in [6.07, 6.45) is 2.89. The number of rotatable bonds is 9. The van der Waals surface area contributed by atoms with Gasteiger partial charge in [0.1, 0.15) is 0 Å². The van der Waals surface area contributed by atoms with Crippen LogP contribution in [0.4, 0.5) is 0 Å². The molecule has 100 valence electrons. The molecule has 0 aromatic carbocycles. The second-order valence-corrected chi connectivity index (χ2v) is 7.03. The van der Waals surface area contributed by atoms with Gasteiger partial charge in [-0.3, -0.25) is 9.69 Å². The number of sulfone groups is 1. The molecule has 0 saturated heterocycles. The summed E-state index contributed by atoms with van der Waals surface area (Å²) in [6.45, 7) is 2.83. The Morgan fingerprint density at radius 1 is 1.35 bits per heavy atom. The lowest BCUT2D eigenvalue weighted by molar-refractivity contribution is -0.138. The Morgan fingerprint density at radius 3 is 2.47 bits per heavy atom. The zero-order valence-corrected chi connectivity index (χ0v) is 11.1. The highest BCUT2D eigenvalue weighted by Gasteiger charge is 2.25. The van der Waals surface area contributed by atoms with Gasteiger partial charge in [-0.05, 0) is 25.2 Å². The molecule has 5 nitrogen and oxygen atoms in total. The van der Waals surface area contributed by atoms with Gasteiger partial charge in [0.2, 0.25) is 0 Å². The van der Waals surface area contributed by atoms with Crippen molar-refractivity contribution in [3.63, 3.8) is 0 Å². The van der Waals surface area contributed by atoms with Crippen LogP contribution in [-0.2, 0) is 14.6 Å². The number of carboxylic acids is 1. The first-order valence-electron chi connectivity index (χ1n) is 6.07. The van der Waals surface area contributed by atoms with E-state index in [1.54, 1.807) is 4.90 Å². The molecule has 1 N–H and O–H groups in total. The van der Waals surface area contributed by atoms with E-state index < -0.39 is 15.8 Å². The van der Waals surface area contributed by atoms with Gasteiger partial charge in [0.15, 0.2) is 9.84 Å². The van der Waals surface area contributed by atoms with Crippen molar-refractivity contribution in [1.82, 2.24) is 4.90 Å². The van der Waals surface area contributed by atoms with Crippen LogP contribution >= 0.6 is 0 Å². The molecule has 0 amide bonds. The summed E-state index contributed by atoms with van der Waals surface area (Å²) in [4.78, 5) is 12.4. The Hall–Kier alpha value is -0.620. The molecule has 0 aromatic rings. The van der Waals surface area contributed by atoms with Crippen molar-refractivity contribution < 1.29 is 18.3 Å². The average molecular weight is 263 g/mol. The van der Waals surface area contributed by atoms with E-state index in [1.165, 1.54) is 0 Å². The minimum atomic E-state index is -3.01. The van der Waals surface area contributed by atoms with Crippen LogP contribution in [0, 0.1) is 5.92 Å². The number of carboxylic acid groups (broad SMARTS) is 1. The molecule has 0 atom stereocenters. The first kappa shape index (κ1) is 14.4. The summed E-state index contributed by atoms with van der Waals surface area (Å²) >= 11 is 0. The van der Waals surface area contributed by atoms with Gasteiger partial charge in [-0.25, -0.2) is 8.42 Å². The molecule has 0 unspecified atom stereocenters. The van der Waals surface area contributed by atoms with Crippen LogP contribution in [0.1, 0.15) is 26.2 Å². The Balaban J connectivity index is 2.39. The molecule has 1 rings (SSSR count). The lowest BCUT2D eigenvalue weighted by Gasteiger charge is -2.19. The topological polar surface area (TPSA) is 74.7 Å². The summed E-state index contributed by atoms with van der Waals surface area (Å²) in [5, 5.41) is 8.76. The minimum Gasteiger partial charge on any atom is -0.480 e. The van der Waals surface area contributed by atoms with E-state index in [9.17, 15) is 13.2 Å². The molecule has 0 heterocycles. The molecule has 1 saturated carbocycles. The predicted molar refractivity (Wildman–Crippen MR) is 65.7 cm³/mol. The third-order valence-electron chi connectivity index (χ3n) is 2.81. The highest BCUT2D eigenvalue weighted by Crippen LogP contribution is 2.29. The number of aliphatic carboxylic acids is 1. The van der Waals surface area contributed by atoms with Gasteiger partial charge in [-0.2, -0.15) is 0 Å². The number of hydrogen-bond acceptors (Lipinski definition) is 4. The minimum absolute atomic E-state index is 0.0574. The van der Waals surface area contributed by atoms with Gasteiger partial charge in [-0.1, -0.05) is 6.92 Å². The fourth-order valence-electron chi connectivity index (χ4n) is 1.77. The van der Waals surface area contributed by atoms with Crippen molar-refractivity contribution in [2.24, 2.45) is 5.92 Å². The summed E-state index contributed by atoms with van der Waals surface area (Å²) in [5.41, 5.74) is 0. The molecular weight excluding hydrogens is 242 g/mol. The maximum atomic E-state index is 11.5. The van der Waals surface area contributed by atoms with Crippen molar-refractivity contribution >= 4 is 15.8 Å². The molecule has 1 aliphatic rings. The maximum absolute atomic E-state index is 11.5. The summed E-state index contributed by atoms with van der Waals surface area (Å²) in [7, 11) is -3.01. The molecule has 1 fully saturated rings. The van der Waals surface area contributed by atoms with Crippen LogP contribution in [0.25, 0.3) is 0 Å². The summed E-state index contributed by atoms with van der Waals surface area (Å²) in [5.74, 6) is -0.0557. The largest absolute Gasteiger partial charge is 0.480 e. The Bertz CT molecular complexity index is 348. The molecule has 0 aromatic heterocycles. The van der Waals surface area contributed by atoms with E-state index in [2.05, 4.69) is 0 Å². The van der Waals surface area contributed by atoms with E-state index in [0.717, 1.165) is 12.8 Å². The standard InChI is InChI=1S/C11H21NO4S/c1-2-6-17(15,16)7-5-12(9-11(13)14)8-10-3-4-10/h10H,2-9H2,1H3,(H,13,14). The molecule has 6 heteroatoms. The van der Waals surface area contributed by atoms with Gasteiger partial charge in [0, 0.05) is 18.8 Å². The lowest BCUT2D eigenvalue weighted by Crippen LogP contribution is -2.35. The number of carbonyl (C=O) groups is 1. The molecule has 0 spiro atoms. The summed E-state index contributed by atoms with van der Waals surface area (Å²) in [6, 6.07) is 0. The zero-order chi connectivity index (χ0) is 12.9. The van der Waals surface area contributed by atoms with Crippen LogP contribution in [-0.4, -0.2) is 55.5 Å². The van der Waals surface area contributed by atoms with Crippen LogP contribution in [0.3, 0.4) is 0 Å². The van der Waals surface area contributed by atoms with Crippen molar-refractivity contribution in [2.45, 2.75) is 26.2 Å². The number of nitrogens with zero attached hydrogens (tertiary/aromatic N) is 1. The SMILES string of the molecule is CCCS(=O)(=O)CCN(CC(=O)O)CC1CC1. The van der Waals surface area contributed by atoms with E-state index >= 15 is 0 Å². The fraction of sp³-hybridized carbons (Fsp3) is 0.909. The van der Waals surface area contributed by atoms with Crippen LogP contribution in [0.5, 0.6) is 0 Å². The second kappa shape index (κ2) is 6.35. The van der Waals surface area contributed by atoms with Crippen LogP contribution in [0.15, 0.2) is 0 Å². The van der Waals surface area contributed by atoms with E-state index in [4.69, 9.17) is 5.11 Å². The van der Waals surface area contributed by atoms with Gasteiger partial charge in [-0.15, -0.1) is 0 Å². The van der Waals surface area contributed by atoms with Gasteiger partial charge >= 0.3 is 5.97 Å². The molecular formula is C11H21NO4S. The van der Waals surface area contributed by atoms with Crippen molar-refractivity contribution in [2.75, 3.05) is 31.1 Å². The number of hydrogen-bond donors (Lipinski definition) is 1. The zero-order valence-electron chi connectivity index (χ0n) is 10.3. The van der Waals surface area contributed by atoms with E-state index in [-0.39, 0.29) is 18.1 Å². The third-order valence-corrected chi connectivity index (χ3v) is 4.64. The van der Waals surface area contributed by atoms with E-state index in [1.807, 2.05) is 6.92 Å². The molecule has 0 bridgehead atoms. The summed E-state index contributed by atoms with van der Waals surface area (Å²) < 4.78 is 23.1. The molecule has 0 radical (unpaired) electrons. The normalized spacial score (nSPS) is 16.4. The van der Waals surface area contributed by atoms with Crippen molar-refractivity contribution in [3.05, 3.63) is 0 Å². The highest BCUT2D eigenvalue weighted by atomic mass is 32.2. The van der Waals surface area contributed by atoms with Crippen molar-refractivity contribution in [1.29, 1.82) is 0 Å². The third kappa shape index (κ3) is 6.63. The maximum Gasteiger partial charge on any atom is 0.317 e. The van der Waals surface area contributed by atoms with Crippen LogP contribution < -0.4 is 0 Å². The highest BCUT2D eigenvalue weighted by molar-refractivity contribution is 7.91. The quantitative estimate of drug-likeness (QED) is 0.659. The Kier molecular flexibility index (Phi) is 5.39. The van der Waals surface area contributed by atoms with Crippen molar-refractivity contribution in [3.8, 4) is 0 Å².